The molecule has 2 heterocycles. The molecule has 5 nitrogen and oxygen atoms in total. The van der Waals surface area contributed by atoms with Gasteiger partial charge in [-0.15, -0.1) is 11.3 Å². The Morgan fingerprint density at radius 1 is 1.21 bits per heavy atom. The van der Waals surface area contributed by atoms with Crippen LogP contribution in [0.1, 0.15) is 38.3 Å². The molecule has 0 bridgehead atoms. The third kappa shape index (κ3) is 4.32. The predicted octanol–water partition coefficient (Wildman–Crippen LogP) is 3.85. The molecule has 4 rings (SSSR count). The topological polar surface area (TPSA) is 44.8 Å². The van der Waals surface area contributed by atoms with Crippen LogP contribution in [0.15, 0.2) is 24.3 Å². The molecule has 154 valence electrons. The van der Waals surface area contributed by atoms with E-state index in [1.807, 2.05) is 0 Å². The number of fused-ring (bicyclic) bond motifs is 1. The fourth-order valence-electron chi connectivity index (χ4n) is 4.12. The van der Waals surface area contributed by atoms with Crippen LogP contribution in [-0.2, 0) is 24.1 Å². The molecule has 2 aliphatic rings. The number of nitrogens with zero attached hydrogens (tertiary/aromatic N) is 2. The van der Waals surface area contributed by atoms with Crippen LogP contribution in [0.2, 0.25) is 0 Å². The van der Waals surface area contributed by atoms with Gasteiger partial charge in [-0.3, -0.25) is 4.90 Å². The van der Waals surface area contributed by atoms with Crippen LogP contribution in [0.4, 0.5) is 5.00 Å². The number of hydrogen-bond donors (Lipinski definition) is 1. The maximum absolute atomic E-state index is 12.3. The lowest BCUT2D eigenvalue weighted by Crippen LogP contribution is -2.49. The largest absolute Gasteiger partial charge is 0.465 e. The number of hydrogen-bond acceptors (Lipinski definition) is 5. The van der Waals surface area contributed by atoms with Gasteiger partial charge in [0.15, 0.2) is 5.11 Å². The van der Waals surface area contributed by atoms with E-state index in [9.17, 15) is 4.79 Å². The van der Waals surface area contributed by atoms with E-state index in [4.69, 9.17) is 17.0 Å². The number of esters is 1. The number of benzene rings is 1. The number of rotatable bonds is 4. The summed E-state index contributed by atoms with van der Waals surface area (Å²) in [6.07, 6.45) is 3.09. The van der Waals surface area contributed by atoms with Crippen molar-refractivity contribution >= 4 is 39.6 Å². The number of piperazine rings is 1. The Morgan fingerprint density at radius 2 is 1.97 bits per heavy atom. The van der Waals surface area contributed by atoms with Crippen molar-refractivity contribution in [2.75, 3.05) is 38.6 Å². The van der Waals surface area contributed by atoms with Crippen molar-refractivity contribution in [2.45, 2.75) is 32.7 Å². The Balaban J connectivity index is 1.37. The molecule has 0 amide bonds. The van der Waals surface area contributed by atoms with Crippen molar-refractivity contribution in [1.82, 2.24) is 9.80 Å². The number of ether oxygens (including phenoxy) is 1. The molecule has 0 radical (unpaired) electrons. The molecule has 1 saturated heterocycles. The van der Waals surface area contributed by atoms with Gasteiger partial charge >= 0.3 is 5.97 Å². The zero-order valence-corrected chi connectivity index (χ0v) is 18.6. The first-order chi connectivity index (χ1) is 14.1. The Labute approximate surface area is 181 Å². The first kappa shape index (κ1) is 20.3. The number of anilines is 1. The van der Waals surface area contributed by atoms with Gasteiger partial charge in [0.2, 0.25) is 0 Å². The molecule has 0 atom stereocenters. The van der Waals surface area contributed by atoms with Crippen molar-refractivity contribution < 1.29 is 9.53 Å². The smallest absolute Gasteiger partial charge is 0.341 e. The molecule has 29 heavy (non-hydrogen) atoms. The first-order valence-corrected chi connectivity index (χ1v) is 11.3. The number of methoxy groups -OCH3 is 1. The monoisotopic (exact) mass is 429 g/mol. The van der Waals surface area contributed by atoms with E-state index in [0.29, 0.717) is 10.7 Å². The number of thiocarbonyl (C=S) groups is 1. The number of carbonyl (C=O) groups is 1. The fourth-order valence-corrected chi connectivity index (χ4v) is 5.75. The van der Waals surface area contributed by atoms with E-state index in [1.165, 1.54) is 23.1 Å². The summed E-state index contributed by atoms with van der Waals surface area (Å²) in [4.78, 5) is 18.3. The lowest BCUT2D eigenvalue weighted by atomic mass is 10.1. The lowest BCUT2D eigenvalue weighted by Gasteiger charge is -2.36. The Morgan fingerprint density at radius 3 is 2.69 bits per heavy atom. The summed E-state index contributed by atoms with van der Waals surface area (Å²) in [7, 11) is 1.44. The van der Waals surface area contributed by atoms with E-state index in [0.717, 1.165) is 62.6 Å². The third-order valence-electron chi connectivity index (χ3n) is 5.85. The standard InChI is InChI=1S/C22H27N3O2S2/c1-15-6-3-4-7-16(15)14-24-10-12-25(13-11-24)22(28)23-20-19(21(26)27-2)17-8-5-9-18(17)29-20/h3-4,6-7H,5,8-14H2,1-2H3,(H,23,28). The zero-order chi connectivity index (χ0) is 20.4. The molecule has 1 aliphatic carbocycles. The van der Waals surface area contributed by atoms with Gasteiger partial charge in [-0.25, -0.2) is 4.79 Å². The molecular formula is C22H27N3O2S2. The van der Waals surface area contributed by atoms with Crippen LogP contribution in [0.25, 0.3) is 0 Å². The molecule has 1 N–H and O–H groups in total. The second-order valence-electron chi connectivity index (χ2n) is 7.67. The highest BCUT2D eigenvalue weighted by molar-refractivity contribution is 7.80. The van der Waals surface area contributed by atoms with Gasteiger partial charge in [0.25, 0.3) is 0 Å². The van der Waals surface area contributed by atoms with Crippen LogP contribution >= 0.6 is 23.6 Å². The zero-order valence-electron chi connectivity index (χ0n) is 17.0. The highest BCUT2D eigenvalue weighted by atomic mass is 32.1. The second kappa shape index (κ2) is 8.81. The normalized spacial score (nSPS) is 16.6. The Bertz CT molecular complexity index is 917. The SMILES string of the molecule is COC(=O)c1c(NC(=S)N2CCN(Cc3ccccc3C)CC2)sc2c1CCC2. The van der Waals surface area contributed by atoms with Crippen molar-refractivity contribution in [2.24, 2.45) is 0 Å². The van der Waals surface area contributed by atoms with E-state index in [2.05, 4.69) is 46.3 Å². The average Bonchev–Trinajstić information content (AvgIpc) is 3.30. The minimum absolute atomic E-state index is 0.266. The number of carbonyl (C=O) groups excluding carboxylic acids is 1. The summed E-state index contributed by atoms with van der Waals surface area (Å²) >= 11 is 7.34. The number of thiophene rings is 1. The second-order valence-corrected chi connectivity index (χ2v) is 9.16. The molecule has 0 spiro atoms. The maximum Gasteiger partial charge on any atom is 0.341 e. The van der Waals surface area contributed by atoms with Crippen LogP contribution in [0, 0.1) is 6.92 Å². The summed E-state index contributed by atoms with van der Waals surface area (Å²) in [6.45, 7) is 6.86. The van der Waals surface area contributed by atoms with Crippen LogP contribution in [-0.4, -0.2) is 54.2 Å². The molecule has 1 aromatic carbocycles. The van der Waals surface area contributed by atoms with Gasteiger partial charge in [-0.2, -0.15) is 0 Å². The predicted molar refractivity (Wildman–Crippen MR) is 122 cm³/mol. The summed E-state index contributed by atoms with van der Waals surface area (Å²) in [6, 6.07) is 8.57. The summed E-state index contributed by atoms with van der Waals surface area (Å²) in [5, 5.41) is 4.90. The van der Waals surface area contributed by atoms with Crippen molar-refractivity contribution in [3.63, 3.8) is 0 Å². The van der Waals surface area contributed by atoms with Gasteiger partial charge in [0.05, 0.1) is 12.7 Å². The molecule has 0 unspecified atom stereocenters. The summed E-state index contributed by atoms with van der Waals surface area (Å²) in [5.74, 6) is -0.266. The van der Waals surface area contributed by atoms with E-state index >= 15 is 0 Å². The van der Waals surface area contributed by atoms with Crippen molar-refractivity contribution in [3.8, 4) is 0 Å². The molecule has 0 saturated carbocycles. The molecule has 1 fully saturated rings. The Kier molecular flexibility index (Phi) is 6.18. The van der Waals surface area contributed by atoms with Gasteiger partial charge in [0.1, 0.15) is 5.00 Å². The average molecular weight is 430 g/mol. The van der Waals surface area contributed by atoms with Gasteiger partial charge < -0.3 is 15.0 Å². The highest BCUT2D eigenvalue weighted by Crippen LogP contribution is 2.39. The molecule has 1 aromatic heterocycles. The number of aryl methyl sites for hydroxylation is 2. The molecule has 2 aromatic rings. The van der Waals surface area contributed by atoms with Gasteiger partial charge in [0, 0.05) is 37.6 Å². The lowest BCUT2D eigenvalue weighted by molar-refractivity contribution is 0.0601. The maximum atomic E-state index is 12.3. The van der Waals surface area contributed by atoms with Crippen LogP contribution in [0.5, 0.6) is 0 Å². The third-order valence-corrected chi connectivity index (χ3v) is 7.41. The van der Waals surface area contributed by atoms with Gasteiger partial charge in [-0.05, 0) is 55.1 Å². The summed E-state index contributed by atoms with van der Waals surface area (Å²) < 4.78 is 5.03. The minimum atomic E-state index is -0.266. The quantitative estimate of drug-likeness (QED) is 0.588. The minimum Gasteiger partial charge on any atom is -0.465 e. The summed E-state index contributed by atoms with van der Waals surface area (Å²) in [5.41, 5.74) is 4.56. The van der Waals surface area contributed by atoms with Gasteiger partial charge in [-0.1, -0.05) is 24.3 Å². The Hall–Kier alpha value is -1.96. The fraction of sp³-hybridized carbons (Fsp3) is 0.455. The van der Waals surface area contributed by atoms with Crippen LogP contribution < -0.4 is 5.32 Å². The molecule has 7 heteroatoms. The first-order valence-electron chi connectivity index (χ1n) is 10.1. The number of nitrogens with one attached hydrogen (secondary N) is 1. The van der Waals surface area contributed by atoms with E-state index in [1.54, 1.807) is 11.3 Å². The molecular weight excluding hydrogens is 402 g/mol. The van der Waals surface area contributed by atoms with Crippen molar-refractivity contribution in [1.29, 1.82) is 0 Å². The van der Waals surface area contributed by atoms with E-state index in [-0.39, 0.29) is 5.97 Å². The van der Waals surface area contributed by atoms with Crippen molar-refractivity contribution in [3.05, 3.63) is 51.4 Å². The highest BCUT2D eigenvalue weighted by Gasteiger charge is 2.28. The van der Waals surface area contributed by atoms with Crippen LogP contribution in [0.3, 0.4) is 0 Å². The molecule has 1 aliphatic heterocycles. The van der Waals surface area contributed by atoms with E-state index < -0.39 is 0 Å².